The standard InChI is InChI=1S/C24H26N2O4/c27-23(26-13-9-20(10-14-26)24(28)29)11-15-25-12-8-19-6-7-21(16-22(19)25)30-17-18-4-2-1-3-5-18/h1-8,12,16,20H,9-11,13-15,17H2,(H,28,29). The summed E-state index contributed by atoms with van der Waals surface area (Å²) in [4.78, 5) is 25.4. The molecule has 30 heavy (non-hydrogen) atoms. The van der Waals surface area contributed by atoms with Crippen molar-refractivity contribution >= 4 is 22.8 Å². The first-order valence-corrected chi connectivity index (χ1v) is 10.4. The third kappa shape index (κ3) is 4.64. The predicted octanol–water partition coefficient (Wildman–Crippen LogP) is 3.93. The van der Waals surface area contributed by atoms with Crippen molar-refractivity contribution in [2.75, 3.05) is 13.1 Å². The van der Waals surface area contributed by atoms with Crippen LogP contribution in [0.5, 0.6) is 5.75 Å². The quantitative estimate of drug-likeness (QED) is 0.645. The van der Waals surface area contributed by atoms with E-state index in [1.165, 1.54) is 0 Å². The van der Waals surface area contributed by atoms with Gasteiger partial charge < -0.3 is 19.3 Å². The first kappa shape index (κ1) is 20.0. The van der Waals surface area contributed by atoms with Gasteiger partial charge in [-0.3, -0.25) is 9.59 Å². The van der Waals surface area contributed by atoms with Gasteiger partial charge in [0.05, 0.1) is 11.4 Å². The zero-order valence-electron chi connectivity index (χ0n) is 16.9. The summed E-state index contributed by atoms with van der Waals surface area (Å²) in [5.74, 6) is -0.200. The van der Waals surface area contributed by atoms with E-state index in [0.29, 0.717) is 45.5 Å². The average Bonchev–Trinajstić information content (AvgIpc) is 3.19. The highest BCUT2D eigenvalue weighted by Gasteiger charge is 2.26. The van der Waals surface area contributed by atoms with Crippen LogP contribution < -0.4 is 4.74 Å². The molecule has 1 amide bonds. The van der Waals surface area contributed by atoms with Crippen molar-refractivity contribution in [3.63, 3.8) is 0 Å². The van der Waals surface area contributed by atoms with Gasteiger partial charge in [0.15, 0.2) is 0 Å². The molecular weight excluding hydrogens is 380 g/mol. The Morgan fingerprint density at radius 2 is 1.80 bits per heavy atom. The van der Waals surface area contributed by atoms with E-state index in [9.17, 15) is 9.59 Å². The molecule has 1 aromatic heterocycles. The first-order valence-electron chi connectivity index (χ1n) is 10.4. The van der Waals surface area contributed by atoms with Crippen molar-refractivity contribution in [3.8, 4) is 5.75 Å². The third-order valence-corrected chi connectivity index (χ3v) is 5.76. The second-order valence-corrected chi connectivity index (χ2v) is 7.75. The lowest BCUT2D eigenvalue weighted by Gasteiger charge is -2.30. The van der Waals surface area contributed by atoms with E-state index in [-0.39, 0.29) is 11.8 Å². The molecule has 6 nitrogen and oxygen atoms in total. The van der Waals surface area contributed by atoms with Gasteiger partial charge in [0, 0.05) is 38.3 Å². The number of ether oxygens (including phenoxy) is 1. The van der Waals surface area contributed by atoms with Crippen LogP contribution >= 0.6 is 0 Å². The van der Waals surface area contributed by atoms with Crippen LogP contribution in [0.15, 0.2) is 60.8 Å². The summed E-state index contributed by atoms with van der Waals surface area (Å²) in [6, 6.07) is 18.1. The Morgan fingerprint density at radius 3 is 2.53 bits per heavy atom. The van der Waals surface area contributed by atoms with Crippen molar-refractivity contribution in [2.24, 2.45) is 5.92 Å². The second-order valence-electron chi connectivity index (χ2n) is 7.75. The van der Waals surface area contributed by atoms with Crippen LogP contribution in [-0.4, -0.2) is 39.5 Å². The molecule has 1 fully saturated rings. The topological polar surface area (TPSA) is 71.8 Å². The van der Waals surface area contributed by atoms with Crippen molar-refractivity contribution in [3.05, 3.63) is 66.4 Å². The molecule has 0 saturated carbocycles. The molecule has 1 saturated heterocycles. The number of fused-ring (bicyclic) bond motifs is 1. The van der Waals surface area contributed by atoms with Gasteiger partial charge in [-0.25, -0.2) is 0 Å². The summed E-state index contributed by atoms with van der Waals surface area (Å²) < 4.78 is 8.01. The number of carboxylic acids is 1. The molecule has 0 unspecified atom stereocenters. The normalized spacial score (nSPS) is 14.7. The number of aryl methyl sites for hydroxylation is 1. The van der Waals surface area contributed by atoms with Crippen molar-refractivity contribution in [1.29, 1.82) is 0 Å². The summed E-state index contributed by atoms with van der Waals surface area (Å²) in [6.07, 6.45) is 3.47. The number of aliphatic carboxylic acids is 1. The van der Waals surface area contributed by atoms with Crippen molar-refractivity contribution in [2.45, 2.75) is 32.4 Å². The number of piperidine rings is 1. The van der Waals surface area contributed by atoms with E-state index < -0.39 is 5.97 Å². The molecule has 2 heterocycles. The number of amides is 1. The van der Waals surface area contributed by atoms with Gasteiger partial charge >= 0.3 is 5.97 Å². The highest BCUT2D eigenvalue weighted by atomic mass is 16.5. The van der Waals surface area contributed by atoms with E-state index in [1.54, 1.807) is 4.90 Å². The minimum atomic E-state index is -0.758. The third-order valence-electron chi connectivity index (χ3n) is 5.76. The van der Waals surface area contributed by atoms with Crippen molar-refractivity contribution < 1.29 is 19.4 Å². The van der Waals surface area contributed by atoms with Gasteiger partial charge in [-0.2, -0.15) is 0 Å². The molecule has 2 aromatic carbocycles. The van der Waals surface area contributed by atoms with Gasteiger partial charge in [-0.15, -0.1) is 0 Å². The van der Waals surface area contributed by atoms with Gasteiger partial charge in [-0.05, 0) is 42.0 Å². The number of likely N-dealkylation sites (tertiary alicyclic amines) is 1. The second kappa shape index (κ2) is 9.03. The van der Waals surface area contributed by atoms with E-state index in [0.717, 1.165) is 22.2 Å². The maximum atomic E-state index is 12.6. The average molecular weight is 406 g/mol. The summed E-state index contributed by atoms with van der Waals surface area (Å²) in [5, 5.41) is 10.2. The van der Waals surface area contributed by atoms with E-state index >= 15 is 0 Å². The number of hydrogen-bond donors (Lipinski definition) is 1. The van der Waals surface area contributed by atoms with E-state index in [4.69, 9.17) is 9.84 Å². The van der Waals surface area contributed by atoms with Gasteiger partial charge in [0.2, 0.25) is 5.91 Å². The minimum absolute atomic E-state index is 0.0807. The number of carbonyl (C=O) groups excluding carboxylic acids is 1. The monoisotopic (exact) mass is 406 g/mol. The fourth-order valence-corrected chi connectivity index (χ4v) is 3.94. The molecule has 0 atom stereocenters. The molecule has 156 valence electrons. The molecule has 0 spiro atoms. The maximum absolute atomic E-state index is 12.6. The van der Waals surface area contributed by atoms with Gasteiger partial charge in [0.25, 0.3) is 0 Å². The number of benzene rings is 2. The van der Waals surface area contributed by atoms with Crippen LogP contribution in [0, 0.1) is 5.92 Å². The largest absolute Gasteiger partial charge is 0.489 e. The minimum Gasteiger partial charge on any atom is -0.489 e. The number of carboxylic acid groups (broad SMARTS) is 1. The summed E-state index contributed by atoms with van der Waals surface area (Å²) in [7, 11) is 0. The summed E-state index contributed by atoms with van der Waals surface area (Å²) in [6.45, 7) is 2.15. The Bertz CT molecular complexity index is 1020. The molecule has 0 bridgehead atoms. The van der Waals surface area contributed by atoms with Crippen LogP contribution in [-0.2, 0) is 22.7 Å². The van der Waals surface area contributed by atoms with Gasteiger partial charge in [-0.1, -0.05) is 30.3 Å². The number of hydrogen-bond acceptors (Lipinski definition) is 3. The molecule has 1 aliphatic heterocycles. The molecule has 6 heteroatoms. The maximum Gasteiger partial charge on any atom is 0.306 e. The zero-order chi connectivity index (χ0) is 20.9. The summed E-state index contributed by atoms with van der Waals surface area (Å²) in [5.41, 5.74) is 2.16. The van der Waals surface area contributed by atoms with Crippen LogP contribution in [0.2, 0.25) is 0 Å². The SMILES string of the molecule is O=C(O)C1CCN(C(=O)CCn2ccc3ccc(OCc4ccccc4)cc32)CC1. The molecule has 1 N–H and O–H groups in total. The Kier molecular flexibility index (Phi) is 6.02. The Balaban J connectivity index is 1.36. The lowest BCUT2D eigenvalue weighted by molar-refractivity contribution is -0.145. The van der Waals surface area contributed by atoms with E-state index in [1.807, 2.05) is 60.8 Å². The molecule has 0 radical (unpaired) electrons. The predicted molar refractivity (Wildman–Crippen MR) is 114 cm³/mol. The first-order chi connectivity index (χ1) is 14.6. The fourth-order valence-electron chi connectivity index (χ4n) is 3.94. The highest BCUT2D eigenvalue weighted by molar-refractivity contribution is 5.82. The fraction of sp³-hybridized carbons (Fsp3) is 0.333. The van der Waals surface area contributed by atoms with Crippen LogP contribution in [0.25, 0.3) is 10.9 Å². The molecule has 0 aliphatic carbocycles. The number of carbonyl (C=O) groups is 2. The van der Waals surface area contributed by atoms with Gasteiger partial charge in [0.1, 0.15) is 12.4 Å². The molecular formula is C24H26N2O4. The summed E-state index contributed by atoms with van der Waals surface area (Å²) >= 11 is 0. The van der Waals surface area contributed by atoms with Crippen molar-refractivity contribution in [1.82, 2.24) is 9.47 Å². The smallest absolute Gasteiger partial charge is 0.306 e. The van der Waals surface area contributed by atoms with E-state index in [2.05, 4.69) is 4.57 Å². The van der Waals surface area contributed by atoms with Crippen LogP contribution in [0.4, 0.5) is 0 Å². The molecule has 3 aromatic rings. The highest BCUT2D eigenvalue weighted by Crippen LogP contribution is 2.24. The Morgan fingerprint density at radius 1 is 1.03 bits per heavy atom. The number of nitrogens with zero attached hydrogens (tertiary/aromatic N) is 2. The Labute approximate surface area is 175 Å². The van der Waals surface area contributed by atoms with Crippen LogP contribution in [0.3, 0.4) is 0 Å². The number of rotatable bonds is 7. The lowest BCUT2D eigenvalue weighted by atomic mass is 9.97. The zero-order valence-corrected chi connectivity index (χ0v) is 16.9. The molecule has 1 aliphatic rings. The van der Waals surface area contributed by atoms with Crippen LogP contribution in [0.1, 0.15) is 24.8 Å². The Hall–Kier alpha value is -3.28. The molecule has 4 rings (SSSR count). The number of aromatic nitrogens is 1. The lowest BCUT2D eigenvalue weighted by Crippen LogP contribution is -2.40.